The summed E-state index contributed by atoms with van der Waals surface area (Å²) >= 11 is 0.940. The van der Waals surface area contributed by atoms with Gasteiger partial charge < -0.3 is 9.84 Å². The minimum Gasteiger partial charge on any atom is -0.444 e. The molecule has 3 N–H and O–H groups in total. The molecule has 0 aliphatic heterocycles. The summed E-state index contributed by atoms with van der Waals surface area (Å²) in [4.78, 5) is 12.6. The van der Waals surface area contributed by atoms with Gasteiger partial charge in [-0.25, -0.2) is 22.3 Å². The number of nitrogens with one attached hydrogen (secondary N) is 2. The van der Waals surface area contributed by atoms with Gasteiger partial charge in [-0.3, -0.25) is 5.32 Å². The van der Waals surface area contributed by atoms with E-state index < -0.39 is 33.7 Å². The van der Waals surface area contributed by atoms with Crippen molar-refractivity contribution < 1.29 is 27.4 Å². The van der Waals surface area contributed by atoms with Crippen molar-refractivity contribution >= 4 is 32.5 Å². The second-order valence-corrected chi connectivity index (χ2v) is 11.8. The summed E-state index contributed by atoms with van der Waals surface area (Å²) in [6.45, 7) is 5.14. The molecule has 1 amide bonds. The molecule has 0 spiro atoms. The molecule has 0 fully saturated rings. The number of aryl methyl sites for hydroxylation is 1. The lowest BCUT2D eigenvalue weighted by molar-refractivity contribution is 0.0636. The van der Waals surface area contributed by atoms with Crippen molar-refractivity contribution in [3.8, 4) is 6.07 Å². The molecule has 2 atom stereocenters. The van der Waals surface area contributed by atoms with E-state index in [1.54, 1.807) is 32.9 Å². The van der Waals surface area contributed by atoms with Crippen LogP contribution in [0.3, 0.4) is 0 Å². The van der Waals surface area contributed by atoms with Crippen molar-refractivity contribution in [3.63, 3.8) is 0 Å². The number of hydrogen-bond acceptors (Lipinski definition) is 7. The Morgan fingerprint density at radius 2 is 1.97 bits per heavy atom. The van der Waals surface area contributed by atoms with E-state index in [2.05, 4.69) is 16.1 Å². The zero-order chi connectivity index (χ0) is 25.1. The fourth-order valence-electron chi connectivity index (χ4n) is 3.72. The average Bonchev–Trinajstić information content (AvgIpc) is 3.12. The Labute approximate surface area is 202 Å². The van der Waals surface area contributed by atoms with Gasteiger partial charge in [0.05, 0.1) is 18.1 Å². The first kappa shape index (κ1) is 26.1. The minimum absolute atomic E-state index is 0.00600. The maximum Gasteiger partial charge on any atom is 0.412 e. The van der Waals surface area contributed by atoms with Gasteiger partial charge in [-0.05, 0) is 64.2 Å². The van der Waals surface area contributed by atoms with Crippen LogP contribution in [0.25, 0.3) is 0 Å². The van der Waals surface area contributed by atoms with Gasteiger partial charge in [-0.1, -0.05) is 12.1 Å². The number of amides is 1. The Morgan fingerprint density at radius 1 is 1.29 bits per heavy atom. The first-order valence-corrected chi connectivity index (χ1v) is 13.2. The summed E-state index contributed by atoms with van der Waals surface area (Å²) in [7, 11) is -4.14. The number of halogens is 1. The Kier molecular flexibility index (Phi) is 7.98. The van der Waals surface area contributed by atoms with Gasteiger partial charge in [0, 0.05) is 17.0 Å². The number of sulfonamides is 1. The van der Waals surface area contributed by atoms with E-state index in [4.69, 9.17) is 4.74 Å². The van der Waals surface area contributed by atoms with Crippen molar-refractivity contribution in [2.24, 2.45) is 0 Å². The molecule has 11 heteroatoms. The molecule has 2 unspecified atom stereocenters. The minimum atomic E-state index is -4.14. The standard InChI is InChI=1S/C23H28FN3O5S2/c1-23(2,3)32-22(29)27-21-20(18-15(13-25)8-11-17(28)19(18)33-21)34(30,31)26-12-4-5-14-6-9-16(24)10-7-14/h6-7,9-10,15,17,26,28H,4-5,8,11-12H2,1-3H3,(H,27,29). The van der Waals surface area contributed by atoms with Crippen molar-refractivity contribution in [1.29, 1.82) is 5.26 Å². The van der Waals surface area contributed by atoms with Crippen LogP contribution in [0.1, 0.15) is 68.1 Å². The van der Waals surface area contributed by atoms with Crippen LogP contribution in [0.2, 0.25) is 0 Å². The molecular weight excluding hydrogens is 481 g/mol. The van der Waals surface area contributed by atoms with Crippen LogP contribution in [0.4, 0.5) is 14.2 Å². The number of aliphatic hydroxyl groups excluding tert-OH is 1. The van der Waals surface area contributed by atoms with E-state index in [-0.39, 0.29) is 27.8 Å². The number of hydrogen-bond donors (Lipinski definition) is 3. The van der Waals surface area contributed by atoms with Gasteiger partial charge in [0.15, 0.2) is 0 Å². The molecule has 0 saturated heterocycles. The lowest BCUT2D eigenvalue weighted by Gasteiger charge is -2.22. The van der Waals surface area contributed by atoms with Gasteiger partial charge in [0.1, 0.15) is 21.3 Å². The Hall–Kier alpha value is -2.52. The maximum atomic E-state index is 13.3. The van der Waals surface area contributed by atoms with Crippen LogP contribution < -0.4 is 10.0 Å². The van der Waals surface area contributed by atoms with Crippen LogP contribution in [0, 0.1) is 17.1 Å². The molecule has 0 saturated carbocycles. The van der Waals surface area contributed by atoms with Crippen molar-refractivity contribution in [3.05, 3.63) is 46.1 Å². The fourth-order valence-corrected chi connectivity index (χ4v) is 6.80. The van der Waals surface area contributed by atoms with Crippen LogP contribution in [-0.2, 0) is 21.2 Å². The quantitative estimate of drug-likeness (QED) is 0.469. The topological polar surface area (TPSA) is 129 Å². The van der Waals surface area contributed by atoms with E-state index in [9.17, 15) is 28.0 Å². The molecule has 1 aliphatic rings. The Balaban J connectivity index is 1.86. The largest absolute Gasteiger partial charge is 0.444 e. The molecule has 1 aromatic heterocycles. The molecule has 1 heterocycles. The number of anilines is 1. The number of rotatable bonds is 7. The van der Waals surface area contributed by atoms with E-state index in [0.29, 0.717) is 30.6 Å². The van der Waals surface area contributed by atoms with Crippen molar-refractivity contribution in [1.82, 2.24) is 4.72 Å². The Morgan fingerprint density at radius 3 is 2.59 bits per heavy atom. The SMILES string of the molecule is CC(C)(C)OC(=O)Nc1sc2c(c1S(=O)(=O)NCCCc1ccc(F)cc1)C(C#N)CCC2O. The highest BCUT2D eigenvalue weighted by Gasteiger charge is 2.38. The number of nitriles is 1. The van der Waals surface area contributed by atoms with Crippen LogP contribution in [0.5, 0.6) is 0 Å². The zero-order valence-corrected chi connectivity index (χ0v) is 20.9. The summed E-state index contributed by atoms with van der Waals surface area (Å²) in [5.74, 6) is -1.07. The summed E-state index contributed by atoms with van der Waals surface area (Å²) < 4.78 is 47.5. The van der Waals surface area contributed by atoms with Gasteiger partial charge in [0.25, 0.3) is 0 Å². The summed E-state index contributed by atoms with van der Waals surface area (Å²) in [6, 6.07) is 8.09. The second-order valence-electron chi connectivity index (χ2n) is 9.07. The molecule has 1 aliphatic carbocycles. The lowest BCUT2D eigenvalue weighted by atomic mass is 9.87. The smallest absolute Gasteiger partial charge is 0.412 e. The van der Waals surface area contributed by atoms with Crippen LogP contribution in [-0.4, -0.2) is 31.8 Å². The predicted octanol–water partition coefficient (Wildman–Crippen LogP) is 4.58. The summed E-state index contributed by atoms with van der Waals surface area (Å²) in [6.07, 6.45) is -0.139. The third-order valence-electron chi connectivity index (χ3n) is 5.19. The number of nitrogens with zero attached hydrogens (tertiary/aromatic N) is 1. The monoisotopic (exact) mass is 509 g/mol. The van der Waals surface area contributed by atoms with Crippen LogP contribution >= 0.6 is 11.3 Å². The number of fused-ring (bicyclic) bond motifs is 1. The van der Waals surface area contributed by atoms with E-state index in [1.165, 1.54) is 12.1 Å². The zero-order valence-electron chi connectivity index (χ0n) is 19.2. The number of thiophene rings is 1. The molecule has 1 aromatic carbocycles. The third-order valence-corrected chi connectivity index (χ3v) is 8.09. The van der Waals surface area contributed by atoms with E-state index in [0.717, 1.165) is 16.9 Å². The first-order valence-electron chi connectivity index (χ1n) is 10.9. The molecule has 34 heavy (non-hydrogen) atoms. The molecule has 0 radical (unpaired) electrons. The average molecular weight is 510 g/mol. The third kappa shape index (κ3) is 6.33. The molecule has 2 aromatic rings. The normalized spacial score (nSPS) is 18.1. The van der Waals surface area contributed by atoms with E-state index >= 15 is 0 Å². The fraction of sp³-hybridized carbons (Fsp3) is 0.478. The number of benzene rings is 1. The molecule has 3 rings (SSSR count). The number of carbonyl (C=O) groups excluding carboxylic acids is 1. The molecular formula is C23H28FN3O5S2. The van der Waals surface area contributed by atoms with Crippen molar-refractivity contribution in [2.45, 2.75) is 69.0 Å². The lowest BCUT2D eigenvalue weighted by Crippen LogP contribution is -2.29. The molecule has 184 valence electrons. The highest BCUT2D eigenvalue weighted by molar-refractivity contribution is 7.90. The van der Waals surface area contributed by atoms with Crippen LogP contribution in [0.15, 0.2) is 29.2 Å². The maximum absolute atomic E-state index is 13.3. The summed E-state index contributed by atoms with van der Waals surface area (Å²) in [5.41, 5.74) is 0.296. The molecule has 8 nitrogen and oxygen atoms in total. The highest BCUT2D eigenvalue weighted by atomic mass is 32.2. The molecule has 0 bridgehead atoms. The summed E-state index contributed by atoms with van der Waals surface area (Å²) in [5, 5.41) is 22.6. The Bertz CT molecular complexity index is 1180. The first-order chi connectivity index (χ1) is 15.9. The number of carbonyl (C=O) groups is 1. The highest BCUT2D eigenvalue weighted by Crippen LogP contribution is 2.49. The van der Waals surface area contributed by atoms with E-state index in [1.807, 2.05) is 0 Å². The second kappa shape index (κ2) is 10.4. The van der Waals surface area contributed by atoms with Gasteiger partial charge >= 0.3 is 6.09 Å². The number of aliphatic hydroxyl groups is 1. The predicted molar refractivity (Wildman–Crippen MR) is 127 cm³/mol. The van der Waals surface area contributed by atoms with Gasteiger partial charge in [-0.2, -0.15) is 5.26 Å². The number of ether oxygens (including phenoxy) is 1. The van der Waals surface area contributed by atoms with Gasteiger partial charge in [-0.15, -0.1) is 11.3 Å². The van der Waals surface area contributed by atoms with Gasteiger partial charge in [0.2, 0.25) is 10.0 Å². The van der Waals surface area contributed by atoms with Crippen molar-refractivity contribution in [2.75, 3.05) is 11.9 Å².